The first-order valence-corrected chi connectivity index (χ1v) is 5.90. The van der Waals surface area contributed by atoms with E-state index < -0.39 is 11.4 Å². The number of carbonyl (C=O) groups is 1. The van der Waals surface area contributed by atoms with E-state index in [9.17, 15) is 4.79 Å². The Morgan fingerprint density at radius 1 is 1.59 bits per heavy atom. The topological polar surface area (TPSA) is 67.2 Å². The SMILES string of the molecule is CCCNCc1cn(CC(C)(C)C(=O)O)cn1. The number of nitrogens with zero attached hydrogens (tertiary/aromatic N) is 2. The molecule has 0 bridgehead atoms. The highest BCUT2D eigenvalue weighted by Crippen LogP contribution is 2.18. The lowest BCUT2D eigenvalue weighted by atomic mass is 9.94. The van der Waals surface area contributed by atoms with E-state index in [1.165, 1.54) is 0 Å². The van der Waals surface area contributed by atoms with Crippen molar-refractivity contribution in [2.75, 3.05) is 6.54 Å². The van der Waals surface area contributed by atoms with Crippen LogP contribution in [-0.4, -0.2) is 27.2 Å². The second kappa shape index (κ2) is 5.82. The van der Waals surface area contributed by atoms with Gasteiger partial charge in [0, 0.05) is 19.3 Å². The fourth-order valence-corrected chi connectivity index (χ4v) is 1.50. The largest absolute Gasteiger partial charge is 0.481 e. The molecule has 0 spiro atoms. The van der Waals surface area contributed by atoms with Crippen LogP contribution in [0.3, 0.4) is 0 Å². The van der Waals surface area contributed by atoms with E-state index in [0.717, 1.165) is 25.2 Å². The lowest BCUT2D eigenvalue weighted by molar-refractivity contribution is -0.147. The minimum absolute atomic E-state index is 0.434. The van der Waals surface area contributed by atoms with Crippen LogP contribution in [0.15, 0.2) is 12.5 Å². The molecule has 1 aromatic heterocycles. The first kappa shape index (κ1) is 13.7. The van der Waals surface area contributed by atoms with Crippen molar-refractivity contribution >= 4 is 5.97 Å². The Hall–Kier alpha value is -1.36. The highest BCUT2D eigenvalue weighted by molar-refractivity contribution is 5.73. The van der Waals surface area contributed by atoms with Gasteiger partial charge in [-0.2, -0.15) is 0 Å². The molecule has 5 nitrogen and oxygen atoms in total. The Balaban J connectivity index is 2.53. The van der Waals surface area contributed by atoms with Crippen LogP contribution < -0.4 is 5.32 Å². The van der Waals surface area contributed by atoms with Gasteiger partial charge in [-0.25, -0.2) is 4.98 Å². The van der Waals surface area contributed by atoms with E-state index in [0.29, 0.717) is 6.54 Å². The number of hydrogen-bond acceptors (Lipinski definition) is 3. The van der Waals surface area contributed by atoms with Gasteiger partial charge in [0.2, 0.25) is 0 Å². The zero-order chi connectivity index (χ0) is 12.9. The fourth-order valence-electron chi connectivity index (χ4n) is 1.50. The van der Waals surface area contributed by atoms with Gasteiger partial charge >= 0.3 is 5.97 Å². The minimum atomic E-state index is -0.795. The molecule has 0 saturated carbocycles. The standard InChI is InChI=1S/C12H21N3O2/c1-4-5-13-6-10-7-15(9-14-10)8-12(2,3)11(16)17/h7,9,13H,4-6,8H2,1-3H3,(H,16,17). The zero-order valence-corrected chi connectivity index (χ0v) is 10.7. The number of rotatable bonds is 7. The van der Waals surface area contributed by atoms with Gasteiger partial charge < -0.3 is 15.0 Å². The van der Waals surface area contributed by atoms with Gasteiger partial charge in [0.25, 0.3) is 0 Å². The molecule has 0 amide bonds. The fraction of sp³-hybridized carbons (Fsp3) is 0.667. The Bertz CT molecular complexity index is 372. The van der Waals surface area contributed by atoms with Crippen molar-refractivity contribution < 1.29 is 9.90 Å². The molecular weight excluding hydrogens is 218 g/mol. The van der Waals surface area contributed by atoms with Crippen LogP contribution in [0, 0.1) is 5.41 Å². The Morgan fingerprint density at radius 3 is 2.88 bits per heavy atom. The molecule has 0 fully saturated rings. The highest BCUT2D eigenvalue weighted by atomic mass is 16.4. The van der Waals surface area contributed by atoms with Gasteiger partial charge in [-0.1, -0.05) is 6.92 Å². The summed E-state index contributed by atoms with van der Waals surface area (Å²) >= 11 is 0. The smallest absolute Gasteiger partial charge is 0.310 e. The molecule has 0 unspecified atom stereocenters. The van der Waals surface area contributed by atoms with Crippen LogP contribution in [0.2, 0.25) is 0 Å². The summed E-state index contributed by atoms with van der Waals surface area (Å²) in [6.07, 6.45) is 4.67. The molecule has 0 aromatic carbocycles. The molecule has 0 aliphatic heterocycles. The summed E-state index contributed by atoms with van der Waals surface area (Å²) in [5.74, 6) is -0.795. The van der Waals surface area contributed by atoms with E-state index in [4.69, 9.17) is 5.11 Å². The minimum Gasteiger partial charge on any atom is -0.481 e. The van der Waals surface area contributed by atoms with Crippen molar-refractivity contribution in [2.24, 2.45) is 5.41 Å². The molecule has 0 atom stereocenters. The lowest BCUT2D eigenvalue weighted by Gasteiger charge is -2.19. The Kier molecular flexibility index (Phi) is 4.69. The summed E-state index contributed by atoms with van der Waals surface area (Å²) in [4.78, 5) is 15.2. The van der Waals surface area contributed by atoms with Crippen molar-refractivity contribution in [2.45, 2.75) is 40.3 Å². The van der Waals surface area contributed by atoms with Crippen molar-refractivity contribution in [3.63, 3.8) is 0 Å². The predicted octanol–water partition coefficient (Wildman–Crippen LogP) is 1.49. The Morgan fingerprint density at radius 2 is 2.29 bits per heavy atom. The van der Waals surface area contributed by atoms with Gasteiger partial charge in [0.15, 0.2) is 0 Å². The normalized spacial score (nSPS) is 11.7. The van der Waals surface area contributed by atoms with E-state index >= 15 is 0 Å². The maximum Gasteiger partial charge on any atom is 0.310 e. The van der Waals surface area contributed by atoms with E-state index in [1.807, 2.05) is 10.8 Å². The van der Waals surface area contributed by atoms with Crippen LogP contribution in [0.5, 0.6) is 0 Å². The summed E-state index contributed by atoms with van der Waals surface area (Å²) in [6, 6.07) is 0. The van der Waals surface area contributed by atoms with Crippen LogP contribution in [0.1, 0.15) is 32.9 Å². The summed E-state index contributed by atoms with van der Waals surface area (Å²) in [7, 11) is 0. The third-order valence-electron chi connectivity index (χ3n) is 2.58. The molecule has 1 aromatic rings. The number of imidazole rings is 1. The van der Waals surface area contributed by atoms with Crippen molar-refractivity contribution in [3.8, 4) is 0 Å². The summed E-state index contributed by atoms with van der Waals surface area (Å²) < 4.78 is 1.83. The first-order valence-electron chi connectivity index (χ1n) is 5.90. The molecule has 0 aliphatic rings. The van der Waals surface area contributed by atoms with Crippen molar-refractivity contribution in [1.29, 1.82) is 0 Å². The molecular formula is C12H21N3O2. The molecule has 96 valence electrons. The zero-order valence-electron chi connectivity index (χ0n) is 10.7. The third-order valence-corrected chi connectivity index (χ3v) is 2.58. The first-order chi connectivity index (χ1) is 7.95. The van der Waals surface area contributed by atoms with Crippen LogP contribution in [0.4, 0.5) is 0 Å². The number of aromatic nitrogens is 2. The quantitative estimate of drug-likeness (QED) is 0.707. The number of aliphatic carboxylic acids is 1. The van der Waals surface area contributed by atoms with Crippen LogP contribution in [0.25, 0.3) is 0 Å². The summed E-state index contributed by atoms with van der Waals surface area (Å²) in [5.41, 5.74) is 0.175. The van der Waals surface area contributed by atoms with Crippen molar-refractivity contribution in [1.82, 2.24) is 14.9 Å². The second-order valence-electron chi connectivity index (χ2n) is 4.90. The van der Waals surface area contributed by atoms with Gasteiger partial charge in [-0.15, -0.1) is 0 Å². The molecule has 17 heavy (non-hydrogen) atoms. The second-order valence-corrected chi connectivity index (χ2v) is 4.90. The summed E-state index contributed by atoms with van der Waals surface area (Å²) in [5, 5.41) is 12.3. The molecule has 0 radical (unpaired) electrons. The number of hydrogen-bond donors (Lipinski definition) is 2. The van der Waals surface area contributed by atoms with Gasteiger partial charge in [0.05, 0.1) is 17.4 Å². The average Bonchev–Trinajstić information content (AvgIpc) is 2.65. The van der Waals surface area contributed by atoms with Crippen LogP contribution >= 0.6 is 0 Å². The molecule has 1 rings (SSSR count). The predicted molar refractivity (Wildman–Crippen MR) is 65.6 cm³/mol. The Labute approximate surface area is 102 Å². The number of nitrogens with one attached hydrogen (secondary N) is 1. The summed E-state index contributed by atoms with van der Waals surface area (Å²) in [6.45, 7) is 7.67. The lowest BCUT2D eigenvalue weighted by Crippen LogP contribution is -2.28. The molecule has 5 heteroatoms. The van der Waals surface area contributed by atoms with Gasteiger partial charge in [0.1, 0.15) is 0 Å². The molecule has 2 N–H and O–H groups in total. The highest BCUT2D eigenvalue weighted by Gasteiger charge is 2.27. The van der Waals surface area contributed by atoms with E-state index in [-0.39, 0.29) is 0 Å². The molecule has 0 saturated heterocycles. The van der Waals surface area contributed by atoms with Gasteiger partial charge in [-0.3, -0.25) is 4.79 Å². The third kappa shape index (κ3) is 4.19. The average molecular weight is 239 g/mol. The molecule has 0 aliphatic carbocycles. The van der Waals surface area contributed by atoms with E-state index in [2.05, 4.69) is 17.2 Å². The van der Waals surface area contributed by atoms with Crippen molar-refractivity contribution in [3.05, 3.63) is 18.2 Å². The van der Waals surface area contributed by atoms with Crippen LogP contribution in [-0.2, 0) is 17.9 Å². The maximum atomic E-state index is 11.0. The molecule has 1 heterocycles. The van der Waals surface area contributed by atoms with Gasteiger partial charge in [-0.05, 0) is 26.8 Å². The monoisotopic (exact) mass is 239 g/mol. The maximum absolute atomic E-state index is 11.0. The van der Waals surface area contributed by atoms with E-state index in [1.54, 1.807) is 20.2 Å². The number of carboxylic acids is 1. The number of carboxylic acid groups (broad SMARTS) is 1.